The van der Waals surface area contributed by atoms with Crippen LogP contribution >= 0.6 is 0 Å². The lowest BCUT2D eigenvalue weighted by Crippen LogP contribution is -2.43. The van der Waals surface area contributed by atoms with E-state index in [0.29, 0.717) is 16.4 Å². The van der Waals surface area contributed by atoms with Gasteiger partial charge < -0.3 is 5.32 Å². The summed E-state index contributed by atoms with van der Waals surface area (Å²) in [5.74, 6) is 0. The summed E-state index contributed by atoms with van der Waals surface area (Å²) in [6, 6.07) is 5.13. The Morgan fingerprint density at radius 3 is 2.38 bits per heavy atom. The van der Waals surface area contributed by atoms with Crippen molar-refractivity contribution >= 4 is 10.0 Å². The number of sulfonamides is 1. The molecule has 8 heteroatoms. The summed E-state index contributed by atoms with van der Waals surface area (Å²) < 4.78 is 63.1. The van der Waals surface area contributed by atoms with E-state index in [0.717, 1.165) is 0 Å². The van der Waals surface area contributed by atoms with Crippen LogP contribution in [0.4, 0.5) is 13.2 Å². The van der Waals surface area contributed by atoms with Gasteiger partial charge in [-0.2, -0.15) is 17.5 Å². The fourth-order valence-electron chi connectivity index (χ4n) is 1.88. The third kappa shape index (κ3) is 4.98. The molecule has 120 valence electrons. The van der Waals surface area contributed by atoms with Gasteiger partial charge in [-0.1, -0.05) is 12.1 Å². The topological polar surface area (TPSA) is 49.4 Å². The maximum absolute atomic E-state index is 12.6. The Labute approximate surface area is 123 Å². The predicted octanol–water partition coefficient (Wildman–Crippen LogP) is 2.37. The SMILES string of the molecule is CNCc1cccc(S(=O)(=O)N(CC(F)(F)F)C(C)C)c1. The van der Waals surface area contributed by atoms with Crippen molar-refractivity contribution in [2.24, 2.45) is 0 Å². The van der Waals surface area contributed by atoms with Gasteiger partial charge in [-0.15, -0.1) is 0 Å². The van der Waals surface area contributed by atoms with Crippen LogP contribution in [-0.2, 0) is 16.6 Å². The quantitative estimate of drug-likeness (QED) is 0.874. The highest BCUT2D eigenvalue weighted by molar-refractivity contribution is 7.89. The molecule has 0 heterocycles. The summed E-state index contributed by atoms with van der Waals surface area (Å²) in [4.78, 5) is -0.131. The molecule has 21 heavy (non-hydrogen) atoms. The molecule has 0 aromatic heterocycles. The van der Waals surface area contributed by atoms with Gasteiger partial charge in [0.15, 0.2) is 0 Å². The van der Waals surface area contributed by atoms with Gasteiger partial charge >= 0.3 is 6.18 Å². The van der Waals surface area contributed by atoms with E-state index in [1.807, 2.05) is 0 Å². The summed E-state index contributed by atoms with van der Waals surface area (Å²) in [7, 11) is -2.49. The Morgan fingerprint density at radius 2 is 1.90 bits per heavy atom. The van der Waals surface area contributed by atoms with E-state index in [-0.39, 0.29) is 4.90 Å². The van der Waals surface area contributed by atoms with Gasteiger partial charge in [-0.3, -0.25) is 0 Å². The van der Waals surface area contributed by atoms with Gasteiger partial charge in [0.05, 0.1) is 4.90 Å². The predicted molar refractivity (Wildman–Crippen MR) is 74.3 cm³/mol. The van der Waals surface area contributed by atoms with Crippen LogP contribution in [0.25, 0.3) is 0 Å². The number of alkyl halides is 3. The molecule has 1 N–H and O–H groups in total. The van der Waals surface area contributed by atoms with Crippen LogP contribution in [0.15, 0.2) is 29.2 Å². The third-order valence-corrected chi connectivity index (χ3v) is 4.81. The molecule has 0 bridgehead atoms. The molecule has 4 nitrogen and oxygen atoms in total. The number of nitrogens with zero attached hydrogens (tertiary/aromatic N) is 1. The number of rotatable bonds is 6. The minimum Gasteiger partial charge on any atom is -0.316 e. The van der Waals surface area contributed by atoms with Crippen molar-refractivity contribution in [1.29, 1.82) is 0 Å². The molecular weight excluding hydrogens is 305 g/mol. The van der Waals surface area contributed by atoms with Crippen molar-refractivity contribution in [3.8, 4) is 0 Å². The Hall–Kier alpha value is -1.12. The molecule has 0 aliphatic heterocycles. The van der Waals surface area contributed by atoms with Gasteiger partial charge in [0.2, 0.25) is 10.0 Å². The lowest BCUT2D eigenvalue weighted by molar-refractivity contribution is -0.138. The van der Waals surface area contributed by atoms with Gasteiger partial charge in [0.25, 0.3) is 0 Å². The standard InChI is InChI=1S/C13H19F3N2O2S/c1-10(2)18(9-13(14,15)16)21(19,20)12-6-4-5-11(7-12)8-17-3/h4-7,10,17H,8-9H2,1-3H3. The third-order valence-electron chi connectivity index (χ3n) is 2.80. The van der Waals surface area contributed by atoms with Crippen molar-refractivity contribution in [2.75, 3.05) is 13.6 Å². The monoisotopic (exact) mass is 324 g/mol. The summed E-state index contributed by atoms with van der Waals surface area (Å²) >= 11 is 0. The molecular formula is C13H19F3N2O2S. The van der Waals surface area contributed by atoms with Crippen LogP contribution in [0.1, 0.15) is 19.4 Å². The molecule has 0 spiro atoms. The van der Waals surface area contributed by atoms with E-state index in [4.69, 9.17) is 0 Å². The smallest absolute Gasteiger partial charge is 0.316 e. The van der Waals surface area contributed by atoms with Crippen LogP contribution in [0.5, 0.6) is 0 Å². The first-order valence-corrected chi connectivity index (χ1v) is 7.84. The Bertz CT molecular complexity index is 571. The number of hydrogen-bond acceptors (Lipinski definition) is 3. The van der Waals surface area contributed by atoms with Crippen LogP contribution in [0.2, 0.25) is 0 Å². The van der Waals surface area contributed by atoms with Crippen LogP contribution in [-0.4, -0.2) is 38.5 Å². The molecule has 0 aliphatic rings. The number of benzene rings is 1. The maximum atomic E-state index is 12.6. The largest absolute Gasteiger partial charge is 0.402 e. The minimum absolute atomic E-state index is 0.131. The van der Waals surface area contributed by atoms with E-state index in [9.17, 15) is 21.6 Å². The average molecular weight is 324 g/mol. The molecule has 0 amide bonds. The molecule has 1 aromatic carbocycles. The van der Waals surface area contributed by atoms with Gasteiger partial charge in [0.1, 0.15) is 6.54 Å². The summed E-state index contributed by atoms with van der Waals surface area (Å²) in [5.41, 5.74) is 0.689. The molecule has 1 aromatic rings. The van der Waals surface area contributed by atoms with Gasteiger partial charge in [0, 0.05) is 12.6 Å². The lowest BCUT2D eigenvalue weighted by atomic mass is 10.2. The maximum Gasteiger partial charge on any atom is 0.402 e. The molecule has 0 aliphatic carbocycles. The van der Waals surface area contributed by atoms with Crippen molar-refractivity contribution in [3.05, 3.63) is 29.8 Å². The summed E-state index contributed by atoms with van der Waals surface area (Å²) in [6.07, 6.45) is -4.58. The number of hydrogen-bond donors (Lipinski definition) is 1. The van der Waals surface area contributed by atoms with Crippen molar-refractivity contribution < 1.29 is 21.6 Å². The summed E-state index contributed by atoms with van der Waals surface area (Å²) in [6.45, 7) is 1.77. The Kier molecular flexibility index (Phi) is 5.77. The molecule has 0 saturated carbocycles. The molecule has 0 radical (unpaired) electrons. The Balaban J connectivity index is 3.20. The van der Waals surface area contributed by atoms with Crippen molar-refractivity contribution in [3.63, 3.8) is 0 Å². The first kappa shape index (κ1) is 17.9. The fourth-order valence-corrected chi connectivity index (χ4v) is 3.57. The highest BCUT2D eigenvalue weighted by atomic mass is 32.2. The van der Waals surface area contributed by atoms with E-state index < -0.39 is 28.8 Å². The van der Waals surface area contributed by atoms with Crippen LogP contribution in [0.3, 0.4) is 0 Å². The van der Waals surface area contributed by atoms with Gasteiger partial charge in [-0.25, -0.2) is 8.42 Å². The zero-order chi connectivity index (χ0) is 16.3. The van der Waals surface area contributed by atoms with E-state index in [2.05, 4.69) is 5.32 Å². The zero-order valence-electron chi connectivity index (χ0n) is 12.1. The zero-order valence-corrected chi connectivity index (χ0v) is 12.9. The molecule has 1 rings (SSSR count). The second-order valence-corrected chi connectivity index (χ2v) is 6.83. The average Bonchev–Trinajstić information content (AvgIpc) is 2.35. The summed E-state index contributed by atoms with van der Waals surface area (Å²) in [5, 5.41) is 2.86. The second kappa shape index (κ2) is 6.76. The first-order valence-electron chi connectivity index (χ1n) is 6.40. The Morgan fingerprint density at radius 1 is 1.29 bits per heavy atom. The van der Waals surface area contributed by atoms with Crippen molar-refractivity contribution in [1.82, 2.24) is 9.62 Å². The number of nitrogens with one attached hydrogen (secondary N) is 1. The molecule has 0 saturated heterocycles. The normalized spacial score (nSPS) is 13.1. The molecule has 0 unspecified atom stereocenters. The molecule has 0 fully saturated rings. The highest BCUT2D eigenvalue weighted by Crippen LogP contribution is 2.25. The molecule has 0 atom stereocenters. The van der Waals surface area contributed by atoms with E-state index >= 15 is 0 Å². The van der Waals surface area contributed by atoms with E-state index in [1.165, 1.54) is 32.0 Å². The van der Waals surface area contributed by atoms with E-state index in [1.54, 1.807) is 13.1 Å². The van der Waals surface area contributed by atoms with Crippen LogP contribution < -0.4 is 5.32 Å². The van der Waals surface area contributed by atoms with Crippen LogP contribution in [0, 0.1) is 0 Å². The second-order valence-electron chi connectivity index (χ2n) is 4.94. The number of halogens is 3. The van der Waals surface area contributed by atoms with Gasteiger partial charge in [-0.05, 0) is 38.6 Å². The lowest BCUT2D eigenvalue weighted by Gasteiger charge is -2.27. The minimum atomic E-state index is -4.58. The highest BCUT2D eigenvalue weighted by Gasteiger charge is 2.38. The fraction of sp³-hybridized carbons (Fsp3) is 0.538. The first-order chi connectivity index (χ1) is 9.58. The van der Waals surface area contributed by atoms with Crippen molar-refractivity contribution in [2.45, 2.75) is 37.5 Å².